The topological polar surface area (TPSA) is 66.4 Å². The molecule has 0 heterocycles. The number of carboxylic acids is 1. The van der Waals surface area contributed by atoms with Gasteiger partial charge in [0.15, 0.2) is 0 Å². The zero-order chi connectivity index (χ0) is 11.3. The number of carbonyl (C=O) groups is 2. The van der Waals surface area contributed by atoms with Crippen LogP contribution in [-0.4, -0.2) is 23.0 Å². The molecule has 1 fully saturated rings. The SMILES string of the molecule is CCC1CCCCC1NC(=O)CC(=O)O. The summed E-state index contributed by atoms with van der Waals surface area (Å²) in [6.07, 6.45) is 5.14. The molecule has 4 nitrogen and oxygen atoms in total. The Kier molecular flexibility index (Phi) is 4.59. The molecule has 1 aliphatic rings. The molecule has 0 bridgehead atoms. The van der Waals surface area contributed by atoms with Crippen molar-refractivity contribution in [2.24, 2.45) is 5.92 Å². The van der Waals surface area contributed by atoms with Crippen molar-refractivity contribution in [1.29, 1.82) is 0 Å². The summed E-state index contributed by atoms with van der Waals surface area (Å²) in [5, 5.41) is 11.3. The number of carboxylic acid groups (broad SMARTS) is 1. The fourth-order valence-corrected chi connectivity index (χ4v) is 2.28. The lowest BCUT2D eigenvalue weighted by atomic mass is 9.83. The van der Waals surface area contributed by atoms with Crippen LogP contribution >= 0.6 is 0 Å². The Hall–Kier alpha value is -1.06. The number of aliphatic carboxylic acids is 1. The summed E-state index contributed by atoms with van der Waals surface area (Å²) in [5.74, 6) is -0.888. The molecule has 0 aliphatic heterocycles. The van der Waals surface area contributed by atoms with E-state index in [1.165, 1.54) is 6.42 Å². The van der Waals surface area contributed by atoms with Crippen LogP contribution in [0.4, 0.5) is 0 Å². The Morgan fingerprint density at radius 3 is 2.60 bits per heavy atom. The summed E-state index contributed by atoms with van der Waals surface area (Å²) in [5.41, 5.74) is 0. The lowest BCUT2D eigenvalue weighted by Crippen LogP contribution is -2.42. The molecule has 2 unspecified atom stereocenters. The van der Waals surface area contributed by atoms with Crippen molar-refractivity contribution in [2.45, 2.75) is 51.5 Å². The van der Waals surface area contributed by atoms with Crippen LogP contribution in [-0.2, 0) is 9.59 Å². The van der Waals surface area contributed by atoms with Gasteiger partial charge in [-0.3, -0.25) is 9.59 Å². The number of rotatable bonds is 4. The van der Waals surface area contributed by atoms with E-state index in [0.29, 0.717) is 5.92 Å². The van der Waals surface area contributed by atoms with Crippen molar-refractivity contribution in [3.8, 4) is 0 Å². The maximum atomic E-state index is 11.3. The fourth-order valence-electron chi connectivity index (χ4n) is 2.28. The van der Waals surface area contributed by atoms with E-state index in [1.54, 1.807) is 0 Å². The quantitative estimate of drug-likeness (QED) is 0.696. The first kappa shape index (κ1) is 12.0. The summed E-state index contributed by atoms with van der Waals surface area (Å²) < 4.78 is 0. The predicted molar refractivity (Wildman–Crippen MR) is 56.4 cm³/mol. The van der Waals surface area contributed by atoms with Crippen LogP contribution in [0.1, 0.15) is 45.4 Å². The molecule has 2 N–H and O–H groups in total. The van der Waals surface area contributed by atoms with Gasteiger partial charge in [-0.1, -0.05) is 26.2 Å². The molecule has 0 spiro atoms. The molecule has 1 rings (SSSR count). The second-order valence-corrected chi connectivity index (χ2v) is 4.20. The van der Waals surface area contributed by atoms with Gasteiger partial charge in [0, 0.05) is 6.04 Å². The van der Waals surface area contributed by atoms with Gasteiger partial charge in [-0.25, -0.2) is 0 Å². The van der Waals surface area contributed by atoms with Gasteiger partial charge < -0.3 is 10.4 Å². The minimum atomic E-state index is -1.06. The normalized spacial score (nSPS) is 25.9. The molecule has 0 aromatic carbocycles. The molecule has 1 amide bonds. The molecule has 1 aliphatic carbocycles. The number of amides is 1. The van der Waals surface area contributed by atoms with Gasteiger partial charge in [0.1, 0.15) is 6.42 Å². The Morgan fingerprint density at radius 2 is 2.00 bits per heavy atom. The van der Waals surface area contributed by atoms with Gasteiger partial charge in [0.25, 0.3) is 0 Å². The Labute approximate surface area is 90.0 Å². The first-order chi connectivity index (χ1) is 7.13. The molecule has 15 heavy (non-hydrogen) atoms. The van der Waals surface area contributed by atoms with E-state index in [0.717, 1.165) is 25.7 Å². The van der Waals surface area contributed by atoms with Gasteiger partial charge in [0.2, 0.25) is 5.91 Å². The van der Waals surface area contributed by atoms with E-state index in [4.69, 9.17) is 5.11 Å². The first-order valence-corrected chi connectivity index (χ1v) is 5.64. The maximum Gasteiger partial charge on any atom is 0.312 e. The van der Waals surface area contributed by atoms with Crippen molar-refractivity contribution < 1.29 is 14.7 Å². The highest BCUT2D eigenvalue weighted by Gasteiger charge is 2.25. The minimum Gasteiger partial charge on any atom is -0.481 e. The van der Waals surface area contributed by atoms with Crippen LogP contribution in [0.3, 0.4) is 0 Å². The third-order valence-electron chi connectivity index (χ3n) is 3.09. The Balaban J connectivity index is 2.40. The van der Waals surface area contributed by atoms with Crippen molar-refractivity contribution in [1.82, 2.24) is 5.32 Å². The summed E-state index contributed by atoms with van der Waals surface area (Å²) in [6.45, 7) is 2.12. The van der Waals surface area contributed by atoms with Crippen molar-refractivity contribution in [3.63, 3.8) is 0 Å². The van der Waals surface area contributed by atoms with Gasteiger partial charge in [-0.15, -0.1) is 0 Å². The smallest absolute Gasteiger partial charge is 0.312 e. The van der Waals surface area contributed by atoms with Crippen LogP contribution in [0.15, 0.2) is 0 Å². The molecule has 2 atom stereocenters. The van der Waals surface area contributed by atoms with Crippen LogP contribution in [0.2, 0.25) is 0 Å². The van der Waals surface area contributed by atoms with E-state index in [1.807, 2.05) is 0 Å². The zero-order valence-corrected chi connectivity index (χ0v) is 9.16. The lowest BCUT2D eigenvalue weighted by Gasteiger charge is -2.31. The summed E-state index contributed by atoms with van der Waals surface area (Å²) >= 11 is 0. The third-order valence-corrected chi connectivity index (χ3v) is 3.09. The highest BCUT2D eigenvalue weighted by atomic mass is 16.4. The standard InChI is InChI=1S/C11H19NO3/c1-2-8-5-3-4-6-9(8)12-10(13)7-11(14)15/h8-9H,2-7H2,1H3,(H,12,13)(H,14,15). The van der Waals surface area contributed by atoms with Crippen LogP contribution in [0.5, 0.6) is 0 Å². The molecule has 0 aromatic rings. The average molecular weight is 213 g/mol. The number of carbonyl (C=O) groups excluding carboxylic acids is 1. The highest BCUT2D eigenvalue weighted by molar-refractivity contribution is 5.93. The van der Waals surface area contributed by atoms with E-state index < -0.39 is 12.4 Å². The summed E-state index contributed by atoms with van der Waals surface area (Å²) in [7, 11) is 0. The molecule has 0 aromatic heterocycles. The van der Waals surface area contributed by atoms with Gasteiger partial charge >= 0.3 is 5.97 Å². The maximum absolute atomic E-state index is 11.3. The second-order valence-electron chi connectivity index (χ2n) is 4.20. The molecular weight excluding hydrogens is 194 g/mol. The summed E-state index contributed by atoms with van der Waals surface area (Å²) in [6, 6.07) is 0.190. The van der Waals surface area contributed by atoms with Gasteiger partial charge in [-0.2, -0.15) is 0 Å². The number of nitrogens with one attached hydrogen (secondary N) is 1. The van der Waals surface area contributed by atoms with Crippen molar-refractivity contribution in [3.05, 3.63) is 0 Å². The largest absolute Gasteiger partial charge is 0.481 e. The second kappa shape index (κ2) is 5.73. The number of hydrogen-bond donors (Lipinski definition) is 2. The molecule has 4 heteroatoms. The molecule has 1 saturated carbocycles. The molecular formula is C11H19NO3. The third kappa shape index (κ3) is 3.90. The first-order valence-electron chi connectivity index (χ1n) is 5.64. The van der Waals surface area contributed by atoms with E-state index >= 15 is 0 Å². The van der Waals surface area contributed by atoms with E-state index in [9.17, 15) is 9.59 Å². The van der Waals surface area contributed by atoms with Crippen molar-refractivity contribution >= 4 is 11.9 Å². The average Bonchev–Trinajstić information content (AvgIpc) is 2.17. The predicted octanol–water partition coefficient (Wildman–Crippen LogP) is 1.55. The van der Waals surface area contributed by atoms with Crippen LogP contribution < -0.4 is 5.32 Å². The minimum absolute atomic E-state index is 0.190. The van der Waals surface area contributed by atoms with E-state index in [-0.39, 0.29) is 11.9 Å². The monoisotopic (exact) mass is 213 g/mol. The molecule has 0 saturated heterocycles. The Bertz CT molecular complexity index is 240. The van der Waals surface area contributed by atoms with Crippen LogP contribution in [0, 0.1) is 5.92 Å². The van der Waals surface area contributed by atoms with E-state index in [2.05, 4.69) is 12.2 Å². The fraction of sp³-hybridized carbons (Fsp3) is 0.818. The van der Waals surface area contributed by atoms with Crippen molar-refractivity contribution in [2.75, 3.05) is 0 Å². The van der Waals surface area contributed by atoms with Gasteiger partial charge in [0.05, 0.1) is 0 Å². The zero-order valence-electron chi connectivity index (χ0n) is 9.16. The Morgan fingerprint density at radius 1 is 1.33 bits per heavy atom. The molecule has 86 valence electrons. The highest BCUT2D eigenvalue weighted by Crippen LogP contribution is 2.26. The van der Waals surface area contributed by atoms with Gasteiger partial charge in [-0.05, 0) is 18.8 Å². The lowest BCUT2D eigenvalue weighted by molar-refractivity contribution is -0.141. The molecule has 0 radical (unpaired) electrons. The summed E-state index contributed by atoms with van der Waals surface area (Å²) in [4.78, 5) is 21.6. The van der Waals surface area contributed by atoms with Crippen LogP contribution in [0.25, 0.3) is 0 Å². The number of hydrogen-bond acceptors (Lipinski definition) is 2.